The second-order valence-corrected chi connectivity index (χ2v) is 3.96. The minimum atomic E-state index is -1.10. The van der Waals surface area contributed by atoms with Crippen LogP contribution in [-0.4, -0.2) is 11.7 Å². The summed E-state index contributed by atoms with van der Waals surface area (Å²) < 4.78 is 13.2. The van der Waals surface area contributed by atoms with Crippen molar-refractivity contribution in [2.75, 3.05) is 6.54 Å². The monoisotopic (exact) mass is 247 g/mol. The fourth-order valence-corrected chi connectivity index (χ4v) is 1.33. The van der Waals surface area contributed by atoms with Crippen LogP contribution in [0.3, 0.4) is 0 Å². The molecule has 1 rings (SSSR count). The zero-order valence-electron chi connectivity index (χ0n) is 7.22. The van der Waals surface area contributed by atoms with Gasteiger partial charge in [-0.1, -0.05) is 6.07 Å². The summed E-state index contributed by atoms with van der Waals surface area (Å²) in [6, 6.07) is 4.35. The van der Waals surface area contributed by atoms with Crippen molar-refractivity contribution in [3.8, 4) is 0 Å². The molecule has 13 heavy (non-hydrogen) atoms. The van der Waals surface area contributed by atoms with Crippen LogP contribution in [0.15, 0.2) is 22.7 Å². The summed E-state index contributed by atoms with van der Waals surface area (Å²) in [5.74, 6) is -0.350. The van der Waals surface area contributed by atoms with Crippen molar-refractivity contribution in [2.24, 2.45) is 5.73 Å². The van der Waals surface area contributed by atoms with E-state index in [4.69, 9.17) is 5.73 Å². The van der Waals surface area contributed by atoms with Crippen molar-refractivity contribution in [1.82, 2.24) is 0 Å². The first-order chi connectivity index (χ1) is 5.97. The van der Waals surface area contributed by atoms with E-state index in [9.17, 15) is 9.50 Å². The largest absolute Gasteiger partial charge is 0.384 e. The molecule has 0 aromatic heterocycles. The smallest absolute Gasteiger partial charge is 0.137 e. The zero-order valence-corrected chi connectivity index (χ0v) is 8.81. The summed E-state index contributed by atoms with van der Waals surface area (Å²) in [6.45, 7) is 1.69. The van der Waals surface area contributed by atoms with E-state index in [1.807, 2.05) is 0 Å². The van der Waals surface area contributed by atoms with Crippen molar-refractivity contribution in [3.63, 3.8) is 0 Å². The van der Waals surface area contributed by atoms with Crippen LogP contribution < -0.4 is 5.73 Å². The molecule has 0 heterocycles. The Morgan fingerprint density at radius 1 is 1.62 bits per heavy atom. The Kier molecular flexibility index (Phi) is 3.05. The Morgan fingerprint density at radius 2 is 2.23 bits per heavy atom. The molecule has 1 aromatic carbocycles. The Labute approximate surface area is 84.7 Å². The molecule has 72 valence electrons. The standard InChI is InChI=1S/C9H11BrFNO/c1-9(13,5-12)6-2-3-8(11)7(10)4-6/h2-4,13H,5,12H2,1H3. The van der Waals surface area contributed by atoms with Crippen LogP contribution in [0, 0.1) is 5.82 Å². The van der Waals surface area contributed by atoms with E-state index in [1.165, 1.54) is 18.2 Å². The number of benzene rings is 1. The Bertz CT molecular complexity index is 314. The molecule has 0 saturated carbocycles. The highest BCUT2D eigenvalue weighted by atomic mass is 79.9. The van der Waals surface area contributed by atoms with Crippen molar-refractivity contribution in [2.45, 2.75) is 12.5 Å². The third-order valence-electron chi connectivity index (χ3n) is 1.94. The van der Waals surface area contributed by atoms with Crippen molar-refractivity contribution < 1.29 is 9.50 Å². The first-order valence-electron chi connectivity index (χ1n) is 3.85. The quantitative estimate of drug-likeness (QED) is 0.837. The van der Waals surface area contributed by atoms with E-state index < -0.39 is 5.60 Å². The van der Waals surface area contributed by atoms with Gasteiger partial charge in [0.25, 0.3) is 0 Å². The van der Waals surface area contributed by atoms with E-state index in [-0.39, 0.29) is 12.4 Å². The average molecular weight is 248 g/mol. The lowest BCUT2D eigenvalue weighted by atomic mass is 9.96. The van der Waals surface area contributed by atoms with Gasteiger partial charge in [-0.25, -0.2) is 4.39 Å². The van der Waals surface area contributed by atoms with E-state index >= 15 is 0 Å². The van der Waals surface area contributed by atoms with Crippen LogP contribution >= 0.6 is 15.9 Å². The van der Waals surface area contributed by atoms with Gasteiger partial charge in [0.2, 0.25) is 0 Å². The molecule has 1 unspecified atom stereocenters. The maximum Gasteiger partial charge on any atom is 0.137 e. The number of halogens is 2. The van der Waals surface area contributed by atoms with Gasteiger partial charge in [-0.15, -0.1) is 0 Å². The first-order valence-corrected chi connectivity index (χ1v) is 4.64. The van der Waals surface area contributed by atoms with E-state index in [0.717, 1.165) is 0 Å². The lowest BCUT2D eigenvalue weighted by molar-refractivity contribution is 0.0667. The van der Waals surface area contributed by atoms with Gasteiger partial charge in [0.15, 0.2) is 0 Å². The first kappa shape index (κ1) is 10.6. The molecule has 1 aromatic rings. The maximum absolute atomic E-state index is 12.8. The van der Waals surface area contributed by atoms with Gasteiger partial charge in [-0.05, 0) is 40.5 Å². The summed E-state index contributed by atoms with van der Waals surface area (Å²) >= 11 is 3.04. The van der Waals surface area contributed by atoms with Crippen LogP contribution in [0.4, 0.5) is 4.39 Å². The molecule has 0 radical (unpaired) electrons. The zero-order chi connectivity index (χ0) is 10.1. The maximum atomic E-state index is 12.8. The molecule has 0 amide bonds. The Morgan fingerprint density at radius 3 is 2.69 bits per heavy atom. The third-order valence-corrected chi connectivity index (χ3v) is 2.55. The summed E-state index contributed by atoms with van der Waals surface area (Å²) in [7, 11) is 0. The number of rotatable bonds is 2. The van der Waals surface area contributed by atoms with Gasteiger partial charge >= 0.3 is 0 Å². The number of nitrogens with two attached hydrogens (primary N) is 1. The third kappa shape index (κ3) is 2.27. The van der Waals surface area contributed by atoms with Crippen LogP contribution in [-0.2, 0) is 5.60 Å². The predicted octanol–water partition coefficient (Wildman–Crippen LogP) is 1.75. The molecule has 0 saturated heterocycles. The molecule has 4 heteroatoms. The fourth-order valence-electron chi connectivity index (χ4n) is 0.949. The van der Waals surface area contributed by atoms with Gasteiger partial charge in [0.1, 0.15) is 5.82 Å². The van der Waals surface area contributed by atoms with Crippen molar-refractivity contribution >= 4 is 15.9 Å². The molecule has 1 atom stereocenters. The van der Waals surface area contributed by atoms with E-state index in [2.05, 4.69) is 15.9 Å². The van der Waals surface area contributed by atoms with Crippen LogP contribution in [0.5, 0.6) is 0 Å². The van der Waals surface area contributed by atoms with E-state index in [1.54, 1.807) is 6.92 Å². The second-order valence-electron chi connectivity index (χ2n) is 3.11. The fraction of sp³-hybridized carbons (Fsp3) is 0.333. The summed E-state index contributed by atoms with van der Waals surface area (Å²) in [6.07, 6.45) is 0. The molecule has 0 fully saturated rings. The summed E-state index contributed by atoms with van der Waals surface area (Å²) in [5, 5.41) is 9.74. The average Bonchev–Trinajstić information content (AvgIpc) is 2.09. The van der Waals surface area contributed by atoms with Gasteiger partial charge in [0, 0.05) is 6.54 Å². The molecule has 3 N–H and O–H groups in total. The van der Waals surface area contributed by atoms with Crippen LogP contribution in [0.2, 0.25) is 0 Å². The molecular weight excluding hydrogens is 237 g/mol. The molecule has 0 aliphatic rings. The minimum Gasteiger partial charge on any atom is -0.384 e. The van der Waals surface area contributed by atoms with Crippen LogP contribution in [0.1, 0.15) is 12.5 Å². The topological polar surface area (TPSA) is 46.2 Å². The summed E-state index contributed by atoms with van der Waals surface area (Å²) in [4.78, 5) is 0. The van der Waals surface area contributed by atoms with Gasteiger partial charge in [-0.2, -0.15) is 0 Å². The minimum absolute atomic E-state index is 0.102. The summed E-state index contributed by atoms with van der Waals surface area (Å²) in [5.41, 5.74) is 4.87. The number of hydrogen-bond donors (Lipinski definition) is 2. The van der Waals surface area contributed by atoms with Gasteiger partial charge in [-0.3, -0.25) is 0 Å². The van der Waals surface area contributed by atoms with Gasteiger partial charge in [0.05, 0.1) is 10.1 Å². The highest BCUT2D eigenvalue weighted by Crippen LogP contribution is 2.24. The molecular formula is C9H11BrFNO. The molecule has 2 nitrogen and oxygen atoms in total. The normalized spacial score (nSPS) is 15.5. The van der Waals surface area contributed by atoms with Crippen LogP contribution in [0.25, 0.3) is 0 Å². The SMILES string of the molecule is CC(O)(CN)c1ccc(F)c(Br)c1. The second kappa shape index (κ2) is 3.74. The number of aliphatic hydroxyl groups is 1. The van der Waals surface area contributed by atoms with E-state index in [0.29, 0.717) is 10.0 Å². The molecule has 0 aliphatic carbocycles. The van der Waals surface area contributed by atoms with Crippen molar-refractivity contribution in [3.05, 3.63) is 34.1 Å². The molecule has 0 bridgehead atoms. The van der Waals surface area contributed by atoms with Gasteiger partial charge < -0.3 is 10.8 Å². The lowest BCUT2D eigenvalue weighted by Gasteiger charge is -2.21. The highest BCUT2D eigenvalue weighted by molar-refractivity contribution is 9.10. The molecule has 0 aliphatic heterocycles. The Hall–Kier alpha value is -0.450. The number of hydrogen-bond acceptors (Lipinski definition) is 2. The predicted molar refractivity (Wildman–Crippen MR) is 52.7 cm³/mol. The highest BCUT2D eigenvalue weighted by Gasteiger charge is 2.21. The lowest BCUT2D eigenvalue weighted by Crippen LogP contribution is -2.31. The van der Waals surface area contributed by atoms with Crippen molar-refractivity contribution in [1.29, 1.82) is 0 Å². The Balaban J connectivity index is 3.10. The molecule has 0 spiro atoms.